The maximum atomic E-state index is 12.3. The number of nitrogens with zero attached hydrogens (tertiary/aromatic N) is 1. The maximum absolute atomic E-state index is 12.3. The van der Waals surface area contributed by atoms with Crippen molar-refractivity contribution in [2.24, 2.45) is 0 Å². The largest absolute Gasteiger partial charge is 0.524 e. The van der Waals surface area contributed by atoms with Gasteiger partial charge >= 0.3 is 38.4 Å². The zero-order valence-corrected chi connectivity index (χ0v) is 13.3. The molecule has 0 aromatic heterocycles. The van der Waals surface area contributed by atoms with Crippen molar-refractivity contribution in [3.05, 3.63) is 34.4 Å². The lowest BCUT2D eigenvalue weighted by molar-refractivity contribution is -0.384. The van der Waals surface area contributed by atoms with Crippen molar-refractivity contribution in [1.82, 2.24) is 0 Å². The van der Waals surface area contributed by atoms with Crippen LogP contribution in [-0.4, -0.2) is 39.9 Å². The van der Waals surface area contributed by atoms with E-state index in [0.29, 0.717) is 24.3 Å². The lowest BCUT2D eigenvalue weighted by atomic mass is 9.80. The van der Waals surface area contributed by atoms with Crippen LogP contribution in [0.3, 0.4) is 0 Å². The molecule has 0 amide bonds. The van der Waals surface area contributed by atoms with Gasteiger partial charge in [0.15, 0.2) is 0 Å². The van der Waals surface area contributed by atoms with E-state index < -0.39 is 54.4 Å². The number of nitro groups is 1. The molecule has 0 spiro atoms. The van der Waals surface area contributed by atoms with Gasteiger partial charge < -0.3 is 0 Å². The molecular formula is C8H4BF6NO8S2. The summed E-state index contributed by atoms with van der Waals surface area (Å²) in [6.07, 6.45) is 0. The number of benzene rings is 1. The van der Waals surface area contributed by atoms with Crippen molar-refractivity contribution < 1.29 is 56.3 Å². The molecule has 1 aromatic rings. The van der Waals surface area contributed by atoms with Crippen LogP contribution in [0.15, 0.2) is 24.3 Å². The van der Waals surface area contributed by atoms with Crippen LogP contribution in [0.2, 0.25) is 0 Å². The highest BCUT2D eigenvalue weighted by atomic mass is 32.2. The van der Waals surface area contributed by atoms with Gasteiger partial charge in [-0.1, -0.05) is 12.1 Å². The third kappa shape index (κ3) is 5.05. The third-order valence-corrected chi connectivity index (χ3v) is 4.36. The zero-order valence-electron chi connectivity index (χ0n) is 11.7. The van der Waals surface area contributed by atoms with Crippen LogP contribution in [0.4, 0.5) is 32.0 Å². The molecule has 146 valence electrons. The van der Waals surface area contributed by atoms with E-state index in [-0.39, 0.29) is 0 Å². The molecule has 0 aliphatic rings. The average molecular weight is 431 g/mol. The van der Waals surface area contributed by atoms with E-state index in [1.54, 1.807) is 0 Å². The molecule has 0 bridgehead atoms. The van der Waals surface area contributed by atoms with Gasteiger partial charge in [-0.05, 0) is 5.46 Å². The van der Waals surface area contributed by atoms with Crippen LogP contribution in [-0.2, 0) is 28.4 Å². The van der Waals surface area contributed by atoms with Crippen molar-refractivity contribution in [2.45, 2.75) is 11.0 Å². The molecule has 0 atom stereocenters. The Balaban J connectivity index is 3.37. The summed E-state index contributed by atoms with van der Waals surface area (Å²) in [7, 11) is -16.4. The lowest BCUT2D eigenvalue weighted by Crippen LogP contribution is -2.45. The molecule has 1 aromatic carbocycles. The first kappa shape index (κ1) is 22.1. The molecule has 0 aliphatic carbocycles. The summed E-state index contributed by atoms with van der Waals surface area (Å²) in [5.74, 6) is 0. The number of hydrogen-bond donors (Lipinski definition) is 0. The molecule has 0 unspecified atom stereocenters. The van der Waals surface area contributed by atoms with E-state index >= 15 is 0 Å². The van der Waals surface area contributed by atoms with Crippen LogP contribution in [0.25, 0.3) is 0 Å². The molecule has 0 N–H and O–H groups in total. The highest BCUT2D eigenvalue weighted by molar-refractivity contribution is 7.90. The van der Waals surface area contributed by atoms with Gasteiger partial charge in [0.2, 0.25) is 0 Å². The van der Waals surface area contributed by atoms with E-state index in [1.165, 1.54) is 0 Å². The van der Waals surface area contributed by atoms with Crippen molar-refractivity contribution >= 4 is 38.5 Å². The Morgan fingerprint density at radius 2 is 1.19 bits per heavy atom. The molecule has 0 saturated carbocycles. The first-order valence-electron chi connectivity index (χ1n) is 5.71. The third-order valence-electron chi connectivity index (χ3n) is 2.37. The van der Waals surface area contributed by atoms with E-state index in [4.69, 9.17) is 0 Å². The summed E-state index contributed by atoms with van der Waals surface area (Å²) >= 11 is 0. The lowest BCUT2D eigenvalue weighted by Gasteiger charge is -2.16. The van der Waals surface area contributed by atoms with Gasteiger partial charge in [0.05, 0.1) is 4.92 Å². The van der Waals surface area contributed by atoms with Gasteiger partial charge in [-0.3, -0.25) is 18.3 Å². The molecule has 0 saturated heterocycles. The summed E-state index contributed by atoms with van der Waals surface area (Å²) < 4.78 is 124. The number of nitro benzene ring substituents is 1. The van der Waals surface area contributed by atoms with Gasteiger partial charge in [-0.15, -0.1) is 0 Å². The van der Waals surface area contributed by atoms with Gasteiger partial charge in [-0.25, -0.2) is 0 Å². The average Bonchev–Trinajstić information content (AvgIpc) is 2.43. The standard InChI is InChI=1S/C8H4BF6NO8S2/c10-7(11,12)25(19,20)23-9(24-26(21,22)8(13,14)15)5-1-3-6(4-2-5)16(17)18/h1-4H. The van der Waals surface area contributed by atoms with Crippen molar-refractivity contribution in [3.8, 4) is 0 Å². The maximum Gasteiger partial charge on any atom is 0.524 e. The molecule has 0 heterocycles. The van der Waals surface area contributed by atoms with Gasteiger partial charge in [0.25, 0.3) is 5.69 Å². The first-order valence-corrected chi connectivity index (χ1v) is 8.53. The molecule has 26 heavy (non-hydrogen) atoms. The monoisotopic (exact) mass is 431 g/mol. The van der Waals surface area contributed by atoms with Crippen LogP contribution in [0.5, 0.6) is 0 Å². The number of hydrogen-bond acceptors (Lipinski definition) is 8. The van der Waals surface area contributed by atoms with E-state index in [9.17, 15) is 53.3 Å². The summed E-state index contributed by atoms with van der Waals surface area (Å²) in [5, 5.41) is 10.5. The molecule has 1 rings (SSSR count). The number of rotatable bonds is 6. The zero-order chi connectivity index (χ0) is 20.6. The molecule has 0 aliphatic heterocycles. The van der Waals surface area contributed by atoms with Crippen LogP contribution < -0.4 is 5.46 Å². The van der Waals surface area contributed by atoms with Gasteiger partial charge in [0.1, 0.15) is 0 Å². The highest BCUT2D eigenvalue weighted by Crippen LogP contribution is 2.28. The Labute approximate surface area is 141 Å². The minimum absolute atomic E-state index is 0.445. The fourth-order valence-corrected chi connectivity index (χ4v) is 2.25. The van der Waals surface area contributed by atoms with Crippen molar-refractivity contribution in [2.75, 3.05) is 0 Å². The van der Waals surface area contributed by atoms with E-state index in [1.807, 2.05) is 0 Å². The SMILES string of the molecule is O=[N+]([O-])c1ccc(B(OS(=O)(=O)C(F)(F)F)OS(=O)(=O)C(F)(F)F)cc1. The second-order valence-corrected chi connectivity index (χ2v) is 7.30. The quantitative estimate of drug-likeness (QED) is 0.215. The number of alkyl halides is 6. The smallest absolute Gasteiger partial charge is 0.286 e. The molecular weight excluding hydrogens is 427 g/mol. The Hall–Kier alpha value is -1.92. The van der Waals surface area contributed by atoms with Crippen molar-refractivity contribution in [1.29, 1.82) is 0 Å². The summed E-state index contributed by atoms with van der Waals surface area (Å²) in [5.41, 5.74) is -13.9. The topological polar surface area (TPSA) is 130 Å². The predicted octanol–water partition coefficient (Wildman–Crippen LogP) is 1.02. The number of halogens is 6. The molecule has 18 heteroatoms. The Morgan fingerprint density at radius 1 is 0.846 bits per heavy atom. The van der Waals surface area contributed by atoms with E-state index in [2.05, 4.69) is 8.20 Å². The summed E-state index contributed by atoms with van der Waals surface area (Å²) in [4.78, 5) is 9.46. The predicted molar refractivity (Wildman–Crippen MR) is 70.6 cm³/mol. The van der Waals surface area contributed by atoms with Crippen LogP contribution in [0.1, 0.15) is 0 Å². The summed E-state index contributed by atoms with van der Waals surface area (Å²) in [6.45, 7) is 0. The van der Waals surface area contributed by atoms with Gasteiger partial charge in [0, 0.05) is 12.1 Å². The van der Waals surface area contributed by atoms with Crippen molar-refractivity contribution in [3.63, 3.8) is 0 Å². The van der Waals surface area contributed by atoms with Crippen LogP contribution in [0, 0.1) is 10.1 Å². The second kappa shape index (κ2) is 7.01. The minimum atomic E-state index is -6.58. The fourth-order valence-electron chi connectivity index (χ4n) is 1.22. The normalized spacial score (nSPS) is 13.5. The minimum Gasteiger partial charge on any atom is -0.286 e. The first-order chi connectivity index (χ1) is 11.5. The molecule has 0 radical (unpaired) electrons. The highest BCUT2D eigenvalue weighted by Gasteiger charge is 2.54. The number of non-ortho nitro benzene ring substituents is 1. The van der Waals surface area contributed by atoms with Gasteiger partial charge in [-0.2, -0.15) is 43.2 Å². The second-order valence-electron chi connectivity index (χ2n) is 4.17. The molecule has 9 nitrogen and oxygen atoms in total. The molecule has 0 fully saturated rings. The Morgan fingerprint density at radius 3 is 1.46 bits per heavy atom. The fraction of sp³-hybridized carbons (Fsp3) is 0.250. The van der Waals surface area contributed by atoms with E-state index in [0.717, 1.165) is 0 Å². The Kier molecular flexibility index (Phi) is 5.96. The summed E-state index contributed by atoms with van der Waals surface area (Å²) in [6, 6.07) is 1.96. The Bertz CT molecular complexity index is 833. The van der Waals surface area contributed by atoms with Crippen LogP contribution >= 0.6 is 0 Å².